The number of ether oxygens (including phenoxy) is 2. The van der Waals surface area contributed by atoms with Gasteiger partial charge in [0.25, 0.3) is 0 Å². The van der Waals surface area contributed by atoms with E-state index in [1.807, 2.05) is 32.0 Å². The van der Waals surface area contributed by atoms with Crippen LogP contribution in [-0.2, 0) is 20.9 Å². The molecular weight excluding hydrogens is 294 g/mol. The Morgan fingerprint density at radius 3 is 2.52 bits per heavy atom. The molecule has 1 rings (SSSR count). The van der Waals surface area contributed by atoms with Crippen molar-refractivity contribution in [2.45, 2.75) is 59.7 Å². The second-order valence-corrected chi connectivity index (χ2v) is 6.62. The third kappa shape index (κ3) is 8.24. The van der Waals surface area contributed by atoms with Gasteiger partial charge >= 0.3 is 12.1 Å². The Bertz CT molecular complexity index is 546. The third-order valence-corrected chi connectivity index (χ3v) is 3.12. The van der Waals surface area contributed by atoms with Crippen LogP contribution in [0.5, 0.6) is 0 Å². The SMILES string of the molecule is Cc1ccc(C)c(COC(=O)CCCNC(=O)OC(C)(C)C)c1. The molecule has 1 amide bonds. The number of rotatable bonds is 6. The maximum atomic E-state index is 11.7. The Hall–Kier alpha value is -2.04. The van der Waals surface area contributed by atoms with Crippen LogP contribution in [-0.4, -0.2) is 24.2 Å². The van der Waals surface area contributed by atoms with Crippen molar-refractivity contribution in [3.8, 4) is 0 Å². The fourth-order valence-corrected chi connectivity index (χ4v) is 1.92. The molecule has 0 radical (unpaired) electrons. The van der Waals surface area contributed by atoms with Crippen molar-refractivity contribution in [2.75, 3.05) is 6.54 Å². The summed E-state index contributed by atoms with van der Waals surface area (Å²) in [5.74, 6) is -0.267. The van der Waals surface area contributed by atoms with E-state index >= 15 is 0 Å². The predicted octanol–water partition coefficient (Wildman–Crippen LogP) is 3.65. The van der Waals surface area contributed by atoms with Gasteiger partial charge in [-0.05, 0) is 52.2 Å². The van der Waals surface area contributed by atoms with Gasteiger partial charge in [-0.3, -0.25) is 4.79 Å². The first kappa shape index (κ1) is 19.0. The molecule has 0 spiro atoms. The van der Waals surface area contributed by atoms with Crippen molar-refractivity contribution in [2.24, 2.45) is 0 Å². The minimum atomic E-state index is -0.519. The Kier molecular flexibility index (Phi) is 7.07. The van der Waals surface area contributed by atoms with Gasteiger partial charge in [-0.2, -0.15) is 0 Å². The largest absolute Gasteiger partial charge is 0.461 e. The summed E-state index contributed by atoms with van der Waals surface area (Å²) < 4.78 is 10.4. The summed E-state index contributed by atoms with van der Waals surface area (Å²) in [5, 5.41) is 2.62. The number of carbonyl (C=O) groups excluding carboxylic acids is 2. The molecule has 0 unspecified atom stereocenters. The van der Waals surface area contributed by atoms with Gasteiger partial charge in [0, 0.05) is 13.0 Å². The number of benzene rings is 1. The predicted molar refractivity (Wildman–Crippen MR) is 89.2 cm³/mol. The summed E-state index contributed by atoms with van der Waals surface area (Å²) in [7, 11) is 0. The number of hydrogen-bond donors (Lipinski definition) is 1. The third-order valence-electron chi connectivity index (χ3n) is 3.12. The normalized spacial score (nSPS) is 11.0. The smallest absolute Gasteiger partial charge is 0.407 e. The number of carbonyl (C=O) groups is 2. The molecule has 0 aliphatic heterocycles. The number of alkyl carbamates (subject to hydrolysis) is 1. The van der Waals surface area contributed by atoms with E-state index in [-0.39, 0.29) is 19.0 Å². The first-order valence-electron chi connectivity index (χ1n) is 7.86. The fraction of sp³-hybridized carbons (Fsp3) is 0.556. The number of nitrogens with one attached hydrogen (secondary N) is 1. The fourth-order valence-electron chi connectivity index (χ4n) is 1.92. The molecule has 5 heteroatoms. The van der Waals surface area contributed by atoms with Crippen molar-refractivity contribution in [1.82, 2.24) is 5.32 Å². The van der Waals surface area contributed by atoms with E-state index in [0.717, 1.165) is 16.7 Å². The molecule has 1 N–H and O–H groups in total. The molecule has 0 bridgehead atoms. The van der Waals surface area contributed by atoms with Crippen LogP contribution in [0.2, 0.25) is 0 Å². The minimum Gasteiger partial charge on any atom is -0.461 e. The highest BCUT2D eigenvalue weighted by Crippen LogP contribution is 2.12. The average molecular weight is 321 g/mol. The van der Waals surface area contributed by atoms with E-state index < -0.39 is 11.7 Å². The van der Waals surface area contributed by atoms with Crippen LogP contribution in [0.4, 0.5) is 4.79 Å². The van der Waals surface area contributed by atoms with E-state index in [1.165, 1.54) is 0 Å². The standard InChI is InChI=1S/C18H27NO4/c1-13-8-9-14(2)15(11-13)12-22-16(20)7-6-10-19-17(21)23-18(3,4)5/h8-9,11H,6-7,10,12H2,1-5H3,(H,19,21). The van der Waals surface area contributed by atoms with E-state index in [2.05, 4.69) is 5.32 Å². The van der Waals surface area contributed by atoms with Crippen LogP contribution in [0.3, 0.4) is 0 Å². The van der Waals surface area contributed by atoms with Crippen LogP contribution >= 0.6 is 0 Å². The van der Waals surface area contributed by atoms with Gasteiger partial charge in [0.05, 0.1) is 0 Å². The number of aryl methyl sites for hydroxylation is 2. The molecule has 0 fully saturated rings. The van der Waals surface area contributed by atoms with Gasteiger partial charge in [0.1, 0.15) is 12.2 Å². The zero-order chi connectivity index (χ0) is 17.5. The van der Waals surface area contributed by atoms with Gasteiger partial charge in [-0.1, -0.05) is 23.8 Å². The van der Waals surface area contributed by atoms with Crippen molar-refractivity contribution in [3.63, 3.8) is 0 Å². The maximum Gasteiger partial charge on any atom is 0.407 e. The lowest BCUT2D eigenvalue weighted by Gasteiger charge is -2.19. The summed E-state index contributed by atoms with van der Waals surface area (Å²) in [6, 6.07) is 6.07. The molecule has 23 heavy (non-hydrogen) atoms. The van der Waals surface area contributed by atoms with Gasteiger partial charge in [0.15, 0.2) is 0 Å². The summed E-state index contributed by atoms with van der Waals surface area (Å²) in [6.07, 6.45) is 0.312. The summed E-state index contributed by atoms with van der Waals surface area (Å²) in [5.41, 5.74) is 2.75. The molecule has 1 aromatic rings. The maximum absolute atomic E-state index is 11.7. The molecular formula is C18H27NO4. The molecule has 0 saturated heterocycles. The Balaban J connectivity index is 2.22. The molecule has 0 heterocycles. The first-order valence-corrected chi connectivity index (χ1v) is 7.86. The van der Waals surface area contributed by atoms with E-state index in [0.29, 0.717) is 13.0 Å². The van der Waals surface area contributed by atoms with E-state index in [9.17, 15) is 9.59 Å². The van der Waals surface area contributed by atoms with Crippen molar-refractivity contribution in [3.05, 3.63) is 34.9 Å². The molecule has 5 nitrogen and oxygen atoms in total. The number of hydrogen-bond acceptors (Lipinski definition) is 4. The molecule has 1 aromatic carbocycles. The molecule has 0 aliphatic carbocycles. The molecule has 128 valence electrons. The quantitative estimate of drug-likeness (QED) is 0.641. The van der Waals surface area contributed by atoms with Gasteiger partial charge in [-0.15, -0.1) is 0 Å². The monoisotopic (exact) mass is 321 g/mol. The molecule has 0 saturated carbocycles. The van der Waals surface area contributed by atoms with Crippen molar-refractivity contribution >= 4 is 12.1 Å². The lowest BCUT2D eigenvalue weighted by atomic mass is 10.1. The molecule has 0 aliphatic rings. The number of esters is 1. The van der Waals surface area contributed by atoms with Crippen LogP contribution < -0.4 is 5.32 Å². The van der Waals surface area contributed by atoms with Gasteiger partial charge in [-0.25, -0.2) is 4.79 Å². The van der Waals surface area contributed by atoms with Crippen molar-refractivity contribution < 1.29 is 19.1 Å². The summed E-state index contributed by atoms with van der Waals surface area (Å²) >= 11 is 0. The van der Waals surface area contributed by atoms with Crippen LogP contribution in [0.1, 0.15) is 50.3 Å². The second kappa shape index (κ2) is 8.56. The van der Waals surface area contributed by atoms with Gasteiger partial charge < -0.3 is 14.8 Å². The molecule has 0 atom stereocenters. The Labute approximate surface area is 138 Å². The highest BCUT2D eigenvalue weighted by molar-refractivity contribution is 5.70. The van der Waals surface area contributed by atoms with Crippen molar-refractivity contribution in [1.29, 1.82) is 0 Å². The van der Waals surface area contributed by atoms with Gasteiger partial charge in [0.2, 0.25) is 0 Å². The first-order chi connectivity index (χ1) is 10.7. The summed E-state index contributed by atoms with van der Waals surface area (Å²) in [4.78, 5) is 23.2. The number of amides is 1. The van der Waals surface area contributed by atoms with Crippen LogP contribution in [0.15, 0.2) is 18.2 Å². The van der Waals surface area contributed by atoms with Crippen LogP contribution in [0.25, 0.3) is 0 Å². The minimum absolute atomic E-state index is 0.265. The highest BCUT2D eigenvalue weighted by atomic mass is 16.6. The van der Waals surface area contributed by atoms with E-state index in [4.69, 9.17) is 9.47 Å². The average Bonchev–Trinajstić information content (AvgIpc) is 2.42. The van der Waals surface area contributed by atoms with E-state index in [1.54, 1.807) is 20.8 Å². The lowest BCUT2D eigenvalue weighted by Crippen LogP contribution is -2.33. The lowest BCUT2D eigenvalue weighted by molar-refractivity contribution is -0.145. The topological polar surface area (TPSA) is 64.6 Å². The van der Waals surface area contributed by atoms with Crippen LogP contribution in [0, 0.1) is 13.8 Å². The molecule has 0 aromatic heterocycles. The highest BCUT2D eigenvalue weighted by Gasteiger charge is 2.15. The second-order valence-electron chi connectivity index (χ2n) is 6.62. The Morgan fingerprint density at radius 2 is 1.87 bits per heavy atom. The zero-order valence-corrected chi connectivity index (χ0v) is 14.7. The summed E-state index contributed by atoms with van der Waals surface area (Å²) in [6.45, 7) is 10.1. The zero-order valence-electron chi connectivity index (χ0n) is 14.7. The Morgan fingerprint density at radius 1 is 1.17 bits per heavy atom.